The minimum Gasteiger partial charge on any atom is -0.508 e. The fourth-order valence-electron chi connectivity index (χ4n) is 3.33. The molecule has 3 nitrogen and oxygen atoms in total. The van der Waals surface area contributed by atoms with Gasteiger partial charge in [0.25, 0.3) is 0 Å². The van der Waals surface area contributed by atoms with E-state index in [4.69, 9.17) is 11.6 Å². The van der Waals surface area contributed by atoms with Crippen LogP contribution in [0, 0.1) is 0 Å². The van der Waals surface area contributed by atoms with Crippen LogP contribution in [0.5, 0.6) is 5.75 Å². The van der Waals surface area contributed by atoms with Crippen LogP contribution in [0.25, 0.3) is 0 Å². The molecular formula is C19H22ClNO2. The van der Waals surface area contributed by atoms with E-state index >= 15 is 0 Å². The van der Waals surface area contributed by atoms with Gasteiger partial charge in [-0.25, -0.2) is 0 Å². The monoisotopic (exact) mass is 331 g/mol. The van der Waals surface area contributed by atoms with Gasteiger partial charge in [0.1, 0.15) is 5.75 Å². The van der Waals surface area contributed by atoms with Crippen LogP contribution in [0.15, 0.2) is 48.5 Å². The molecule has 2 aromatic rings. The first kappa shape index (κ1) is 16.3. The molecule has 23 heavy (non-hydrogen) atoms. The highest BCUT2D eigenvalue weighted by Crippen LogP contribution is 2.35. The number of rotatable bonds is 5. The van der Waals surface area contributed by atoms with Gasteiger partial charge in [0.2, 0.25) is 0 Å². The Hall–Kier alpha value is -1.55. The number of halogens is 1. The Morgan fingerprint density at radius 2 is 1.91 bits per heavy atom. The molecule has 0 aliphatic heterocycles. The van der Waals surface area contributed by atoms with Crippen molar-refractivity contribution in [3.05, 3.63) is 64.7 Å². The maximum absolute atomic E-state index is 10.3. The van der Waals surface area contributed by atoms with E-state index in [-0.39, 0.29) is 0 Å². The van der Waals surface area contributed by atoms with Crippen molar-refractivity contribution in [2.45, 2.75) is 37.3 Å². The summed E-state index contributed by atoms with van der Waals surface area (Å²) in [6.07, 6.45) is 2.76. The Morgan fingerprint density at radius 3 is 2.65 bits per heavy atom. The molecular weight excluding hydrogens is 310 g/mol. The van der Waals surface area contributed by atoms with Gasteiger partial charge >= 0.3 is 0 Å². The second kappa shape index (κ2) is 7.35. The van der Waals surface area contributed by atoms with Gasteiger partial charge in [0.05, 0.1) is 6.10 Å². The molecule has 4 heteroatoms. The van der Waals surface area contributed by atoms with Crippen LogP contribution in [0.2, 0.25) is 5.02 Å². The van der Waals surface area contributed by atoms with E-state index in [9.17, 15) is 10.2 Å². The SMILES string of the molecule is Oc1ccc(C2CCC(NCC(O)c3cccc(Cl)c3)C2)cc1. The molecule has 1 saturated carbocycles. The molecule has 3 N–H and O–H groups in total. The fourth-order valence-corrected chi connectivity index (χ4v) is 3.52. The smallest absolute Gasteiger partial charge is 0.115 e. The van der Waals surface area contributed by atoms with Crippen LogP contribution >= 0.6 is 11.6 Å². The normalized spacial score (nSPS) is 22.2. The highest BCUT2D eigenvalue weighted by Gasteiger charge is 2.26. The summed E-state index contributed by atoms with van der Waals surface area (Å²) in [5.41, 5.74) is 2.13. The maximum Gasteiger partial charge on any atom is 0.115 e. The number of aromatic hydroxyl groups is 1. The Morgan fingerprint density at radius 1 is 1.13 bits per heavy atom. The van der Waals surface area contributed by atoms with Crippen LogP contribution in [0.4, 0.5) is 0 Å². The van der Waals surface area contributed by atoms with Gasteiger partial charge in [-0.3, -0.25) is 0 Å². The first-order valence-electron chi connectivity index (χ1n) is 8.07. The lowest BCUT2D eigenvalue weighted by atomic mass is 9.97. The zero-order valence-corrected chi connectivity index (χ0v) is 13.7. The number of aliphatic hydroxyl groups excluding tert-OH is 1. The van der Waals surface area contributed by atoms with Crippen LogP contribution in [-0.2, 0) is 0 Å². The lowest BCUT2D eigenvalue weighted by molar-refractivity contribution is 0.170. The van der Waals surface area contributed by atoms with Crippen LogP contribution in [0.3, 0.4) is 0 Å². The summed E-state index contributed by atoms with van der Waals surface area (Å²) in [7, 11) is 0. The van der Waals surface area contributed by atoms with Gasteiger partial charge in [0.15, 0.2) is 0 Å². The van der Waals surface area contributed by atoms with E-state index in [0.29, 0.717) is 29.3 Å². The number of aliphatic hydroxyl groups is 1. The second-order valence-electron chi connectivity index (χ2n) is 6.28. The van der Waals surface area contributed by atoms with E-state index < -0.39 is 6.10 Å². The third-order valence-corrected chi connectivity index (χ3v) is 4.87. The van der Waals surface area contributed by atoms with Crippen molar-refractivity contribution >= 4 is 11.6 Å². The van der Waals surface area contributed by atoms with Crippen molar-refractivity contribution in [3.8, 4) is 5.75 Å². The van der Waals surface area contributed by atoms with E-state index in [1.807, 2.05) is 36.4 Å². The van der Waals surface area contributed by atoms with E-state index in [2.05, 4.69) is 5.32 Å². The number of phenols is 1. The number of hydrogen-bond donors (Lipinski definition) is 3. The predicted molar refractivity (Wildman–Crippen MR) is 92.9 cm³/mol. The largest absolute Gasteiger partial charge is 0.508 e. The maximum atomic E-state index is 10.3. The summed E-state index contributed by atoms with van der Waals surface area (Å²) in [5.74, 6) is 0.836. The number of nitrogens with one attached hydrogen (secondary N) is 1. The predicted octanol–water partition coefficient (Wildman–Crippen LogP) is 4.00. The summed E-state index contributed by atoms with van der Waals surface area (Å²) in [6.45, 7) is 0.535. The number of phenolic OH excluding ortho intramolecular Hbond substituents is 1. The highest BCUT2D eigenvalue weighted by atomic mass is 35.5. The molecule has 0 saturated heterocycles. The molecule has 1 aliphatic carbocycles. The summed E-state index contributed by atoms with van der Waals surface area (Å²) in [4.78, 5) is 0. The van der Waals surface area contributed by atoms with Crippen molar-refractivity contribution < 1.29 is 10.2 Å². The summed E-state index contributed by atoms with van der Waals surface area (Å²) < 4.78 is 0. The Labute approximate surface area is 141 Å². The number of hydrogen-bond acceptors (Lipinski definition) is 3. The molecule has 3 rings (SSSR count). The molecule has 0 spiro atoms. The Bertz CT molecular complexity index is 644. The fraction of sp³-hybridized carbons (Fsp3) is 0.368. The average Bonchev–Trinajstić information content (AvgIpc) is 3.02. The van der Waals surface area contributed by atoms with E-state index in [0.717, 1.165) is 24.8 Å². The molecule has 122 valence electrons. The first-order valence-corrected chi connectivity index (χ1v) is 8.45. The van der Waals surface area contributed by atoms with E-state index in [1.165, 1.54) is 5.56 Å². The third-order valence-electron chi connectivity index (χ3n) is 4.63. The van der Waals surface area contributed by atoms with E-state index in [1.54, 1.807) is 12.1 Å². The molecule has 0 bridgehead atoms. The summed E-state index contributed by atoms with van der Waals surface area (Å²) in [6, 6.07) is 15.3. The van der Waals surface area contributed by atoms with Gasteiger partial charge in [0, 0.05) is 17.6 Å². The van der Waals surface area contributed by atoms with Crippen molar-refractivity contribution in [1.29, 1.82) is 0 Å². The summed E-state index contributed by atoms with van der Waals surface area (Å²) >= 11 is 5.96. The van der Waals surface area contributed by atoms with Gasteiger partial charge in [-0.15, -0.1) is 0 Å². The lowest BCUT2D eigenvalue weighted by Crippen LogP contribution is -2.30. The van der Waals surface area contributed by atoms with Crippen LogP contribution in [-0.4, -0.2) is 22.8 Å². The Balaban J connectivity index is 1.51. The standard InChI is InChI=1S/C19H22ClNO2/c20-16-3-1-2-15(10-16)19(23)12-21-17-7-4-14(11-17)13-5-8-18(22)9-6-13/h1-3,5-6,8-10,14,17,19,21-23H,4,7,11-12H2. The highest BCUT2D eigenvalue weighted by molar-refractivity contribution is 6.30. The Kier molecular flexibility index (Phi) is 5.21. The zero-order valence-electron chi connectivity index (χ0n) is 13.0. The second-order valence-corrected chi connectivity index (χ2v) is 6.71. The number of benzene rings is 2. The van der Waals surface area contributed by atoms with Gasteiger partial charge < -0.3 is 15.5 Å². The lowest BCUT2D eigenvalue weighted by Gasteiger charge is -2.17. The molecule has 2 aromatic carbocycles. The van der Waals surface area contributed by atoms with Crippen molar-refractivity contribution in [2.24, 2.45) is 0 Å². The molecule has 3 atom stereocenters. The average molecular weight is 332 g/mol. The summed E-state index contributed by atoms with van der Waals surface area (Å²) in [5, 5.41) is 23.8. The van der Waals surface area contributed by atoms with Crippen molar-refractivity contribution in [2.75, 3.05) is 6.54 Å². The quantitative estimate of drug-likeness (QED) is 0.776. The molecule has 0 aromatic heterocycles. The molecule has 1 aliphatic rings. The molecule has 1 fully saturated rings. The van der Waals surface area contributed by atoms with Crippen molar-refractivity contribution in [1.82, 2.24) is 5.32 Å². The van der Waals surface area contributed by atoms with Crippen molar-refractivity contribution in [3.63, 3.8) is 0 Å². The molecule has 3 unspecified atom stereocenters. The molecule has 0 heterocycles. The van der Waals surface area contributed by atoms with Gasteiger partial charge in [-0.1, -0.05) is 35.9 Å². The first-order chi connectivity index (χ1) is 11.1. The van der Waals surface area contributed by atoms with Gasteiger partial charge in [-0.2, -0.15) is 0 Å². The topological polar surface area (TPSA) is 52.5 Å². The van der Waals surface area contributed by atoms with Crippen LogP contribution < -0.4 is 5.32 Å². The van der Waals surface area contributed by atoms with Gasteiger partial charge in [-0.05, 0) is 60.6 Å². The zero-order chi connectivity index (χ0) is 16.2. The third kappa shape index (κ3) is 4.25. The minimum atomic E-state index is -0.540. The molecule has 0 amide bonds. The van der Waals surface area contributed by atoms with Crippen LogP contribution in [0.1, 0.15) is 42.4 Å². The molecule has 0 radical (unpaired) electrons. The minimum absolute atomic E-state index is 0.311.